The highest BCUT2D eigenvalue weighted by atomic mass is 32.2. The lowest BCUT2D eigenvalue weighted by Gasteiger charge is -2.04. The lowest BCUT2D eigenvalue weighted by Crippen LogP contribution is -2.13. The number of hydrogen-bond acceptors (Lipinski definition) is 6. The van der Waals surface area contributed by atoms with Crippen LogP contribution in [0.25, 0.3) is 0 Å². The van der Waals surface area contributed by atoms with Gasteiger partial charge in [0.1, 0.15) is 6.33 Å². The lowest BCUT2D eigenvalue weighted by atomic mass is 10.3. The molecular formula is C10H10N4OS2. The fourth-order valence-corrected chi connectivity index (χ4v) is 2.36. The Balaban J connectivity index is 1.83. The molecule has 7 heteroatoms. The largest absolute Gasteiger partial charge is 0.399 e. The molecule has 1 heterocycles. The second-order valence-corrected chi connectivity index (χ2v) is 5.17. The van der Waals surface area contributed by atoms with E-state index in [4.69, 9.17) is 5.73 Å². The van der Waals surface area contributed by atoms with E-state index in [0.29, 0.717) is 11.4 Å². The minimum atomic E-state index is -0.0741. The number of nitrogens with zero attached hydrogens (tertiary/aromatic N) is 2. The monoisotopic (exact) mass is 266 g/mol. The molecule has 17 heavy (non-hydrogen) atoms. The van der Waals surface area contributed by atoms with Gasteiger partial charge in [-0.1, -0.05) is 11.8 Å². The number of anilines is 2. The smallest absolute Gasteiger partial charge is 0.234 e. The van der Waals surface area contributed by atoms with E-state index in [0.717, 1.165) is 10.0 Å². The normalized spacial score (nSPS) is 10.1. The number of carbonyl (C=O) groups is 1. The van der Waals surface area contributed by atoms with Crippen LogP contribution in [0.3, 0.4) is 0 Å². The summed E-state index contributed by atoms with van der Waals surface area (Å²) in [6.07, 6.45) is 1.48. The minimum absolute atomic E-state index is 0.0741. The molecule has 0 aliphatic carbocycles. The van der Waals surface area contributed by atoms with Gasteiger partial charge < -0.3 is 11.1 Å². The van der Waals surface area contributed by atoms with Crippen LogP contribution in [0, 0.1) is 0 Å². The number of nitrogens with two attached hydrogens (primary N) is 1. The molecule has 1 aromatic heterocycles. The van der Waals surface area contributed by atoms with E-state index in [2.05, 4.69) is 14.7 Å². The first-order valence-corrected chi connectivity index (χ1v) is 6.55. The Labute approximate surface area is 107 Å². The first-order chi connectivity index (χ1) is 8.24. The van der Waals surface area contributed by atoms with Gasteiger partial charge in [-0.05, 0) is 35.8 Å². The van der Waals surface area contributed by atoms with Gasteiger partial charge in [0.2, 0.25) is 5.91 Å². The first-order valence-electron chi connectivity index (χ1n) is 4.79. The number of hydrogen-bond donors (Lipinski definition) is 2. The van der Waals surface area contributed by atoms with E-state index in [-0.39, 0.29) is 5.91 Å². The van der Waals surface area contributed by atoms with Crippen LogP contribution in [0.1, 0.15) is 0 Å². The van der Waals surface area contributed by atoms with Gasteiger partial charge in [0.15, 0.2) is 4.34 Å². The third-order valence-corrected chi connectivity index (χ3v) is 3.66. The van der Waals surface area contributed by atoms with Crippen LogP contribution in [-0.4, -0.2) is 21.0 Å². The van der Waals surface area contributed by atoms with Crippen LogP contribution in [-0.2, 0) is 4.79 Å². The SMILES string of the molecule is Nc1ccc(NC(=O)CSc2ncns2)cc1. The summed E-state index contributed by atoms with van der Waals surface area (Å²) < 4.78 is 4.65. The zero-order chi connectivity index (χ0) is 12.1. The van der Waals surface area contributed by atoms with Gasteiger partial charge in [-0.15, -0.1) is 0 Å². The average molecular weight is 266 g/mol. The molecular weight excluding hydrogens is 256 g/mol. The Morgan fingerprint density at radius 2 is 2.18 bits per heavy atom. The number of nitrogens with one attached hydrogen (secondary N) is 1. The van der Waals surface area contributed by atoms with Crippen molar-refractivity contribution >= 4 is 40.6 Å². The fourth-order valence-electron chi connectivity index (χ4n) is 1.12. The Kier molecular flexibility index (Phi) is 3.94. The van der Waals surface area contributed by atoms with Gasteiger partial charge in [-0.2, -0.15) is 4.37 Å². The Hall–Kier alpha value is -1.60. The summed E-state index contributed by atoms with van der Waals surface area (Å²) in [5.74, 6) is 0.245. The topological polar surface area (TPSA) is 80.9 Å². The molecule has 88 valence electrons. The molecule has 3 N–H and O–H groups in total. The van der Waals surface area contributed by atoms with Crippen molar-refractivity contribution < 1.29 is 4.79 Å². The lowest BCUT2D eigenvalue weighted by molar-refractivity contribution is -0.113. The number of thioether (sulfide) groups is 1. The molecule has 0 saturated carbocycles. The van der Waals surface area contributed by atoms with E-state index >= 15 is 0 Å². The zero-order valence-corrected chi connectivity index (χ0v) is 10.4. The standard InChI is InChI=1S/C10H10N4OS2/c11-7-1-3-8(4-2-7)14-9(15)5-16-10-12-6-13-17-10/h1-4,6H,5,11H2,(H,14,15). The van der Waals surface area contributed by atoms with Crippen molar-refractivity contribution in [1.82, 2.24) is 9.36 Å². The fraction of sp³-hybridized carbons (Fsp3) is 0.100. The van der Waals surface area contributed by atoms with Crippen molar-refractivity contribution in [1.29, 1.82) is 0 Å². The summed E-state index contributed by atoms with van der Waals surface area (Å²) >= 11 is 2.64. The summed E-state index contributed by atoms with van der Waals surface area (Å²) in [4.78, 5) is 15.6. The second-order valence-electron chi connectivity index (χ2n) is 3.17. The highest BCUT2D eigenvalue weighted by Crippen LogP contribution is 2.18. The molecule has 5 nitrogen and oxygen atoms in total. The summed E-state index contributed by atoms with van der Waals surface area (Å²) in [6, 6.07) is 7.02. The quantitative estimate of drug-likeness (QED) is 0.652. The molecule has 0 radical (unpaired) electrons. The third-order valence-electron chi connectivity index (χ3n) is 1.86. The maximum absolute atomic E-state index is 11.6. The molecule has 0 spiro atoms. The molecule has 0 atom stereocenters. The van der Waals surface area contributed by atoms with Crippen LogP contribution in [0.4, 0.5) is 11.4 Å². The van der Waals surface area contributed by atoms with Gasteiger partial charge in [0.05, 0.1) is 5.75 Å². The number of benzene rings is 1. The van der Waals surface area contributed by atoms with Crippen LogP contribution in [0.15, 0.2) is 34.9 Å². The van der Waals surface area contributed by atoms with Crippen molar-refractivity contribution in [2.75, 3.05) is 16.8 Å². The second kappa shape index (κ2) is 5.65. The first kappa shape index (κ1) is 11.9. The van der Waals surface area contributed by atoms with Crippen molar-refractivity contribution in [3.63, 3.8) is 0 Å². The highest BCUT2D eigenvalue weighted by molar-refractivity contribution is 8.01. The summed E-state index contributed by atoms with van der Waals surface area (Å²) in [6.45, 7) is 0. The maximum atomic E-state index is 11.6. The summed E-state index contributed by atoms with van der Waals surface area (Å²) in [5.41, 5.74) is 6.96. The van der Waals surface area contributed by atoms with E-state index in [1.807, 2.05) is 0 Å². The number of carbonyl (C=O) groups excluding carboxylic acids is 1. The van der Waals surface area contributed by atoms with E-state index in [1.54, 1.807) is 24.3 Å². The molecule has 2 rings (SSSR count). The number of nitrogen functional groups attached to an aromatic ring is 1. The summed E-state index contributed by atoms with van der Waals surface area (Å²) in [7, 11) is 0. The number of amides is 1. The highest BCUT2D eigenvalue weighted by Gasteiger charge is 2.05. The van der Waals surface area contributed by atoms with Crippen LogP contribution in [0.5, 0.6) is 0 Å². The van der Waals surface area contributed by atoms with Gasteiger partial charge in [0.25, 0.3) is 0 Å². The molecule has 1 amide bonds. The zero-order valence-electron chi connectivity index (χ0n) is 8.79. The molecule has 1 aromatic carbocycles. The van der Waals surface area contributed by atoms with Gasteiger partial charge in [-0.3, -0.25) is 4.79 Å². The van der Waals surface area contributed by atoms with E-state index in [1.165, 1.54) is 29.6 Å². The average Bonchev–Trinajstić information content (AvgIpc) is 2.83. The van der Waals surface area contributed by atoms with Crippen LogP contribution >= 0.6 is 23.3 Å². The predicted molar refractivity (Wildman–Crippen MR) is 70.1 cm³/mol. The molecule has 0 bridgehead atoms. The summed E-state index contributed by atoms with van der Waals surface area (Å²) in [5, 5.41) is 2.77. The van der Waals surface area contributed by atoms with Crippen LogP contribution < -0.4 is 11.1 Å². The van der Waals surface area contributed by atoms with Gasteiger partial charge >= 0.3 is 0 Å². The van der Waals surface area contributed by atoms with Crippen molar-refractivity contribution in [3.05, 3.63) is 30.6 Å². The third kappa shape index (κ3) is 3.72. The Bertz CT molecular complexity index is 484. The van der Waals surface area contributed by atoms with Gasteiger partial charge in [-0.25, -0.2) is 4.98 Å². The molecule has 0 aliphatic heterocycles. The van der Waals surface area contributed by atoms with E-state index < -0.39 is 0 Å². The number of rotatable bonds is 4. The maximum Gasteiger partial charge on any atom is 0.234 e. The van der Waals surface area contributed by atoms with Crippen molar-refractivity contribution in [2.24, 2.45) is 0 Å². The van der Waals surface area contributed by atoms with E-state index in [9.17, 15) is 4.79 Å². The molecule has 0 unspecified atom stereocenters. The van der Waals surface area contributed by atoms with Crippen molar-refractivity contribution in [2.45, 2.75) is 4.34 Å². The van der Waals surface area contributed by atoms with Crippen molar-refractivity contribution in [3.8, 4) is 0 Å². The molecule has 0 fully saturated rings. The molecule has 0 saturated heterocycles. The van der Waals surface area contributed by atoms with Gasteiger partial charge in [0, 0.05) is 11.4 Å². The Morgan fingerprint density at radius 1 is 1.41 bits per heavy atom. The predicted octanol–water partition coefficient (Wildman–Crippen LogP) is 1.85. The van der Waals surface area contributed by atoms with Crippen LogP contribution in [0.2, 0.25) is 0 Å². The molecule has 2 aromatic rings. The minimum Gasteiger partial charge on any atom is -0.399 e. The Morgan fingerprint density at radius 3 is 2.82 bits per heavy atom. The number of aromatic nitrogens is 2. The molecule has 0 aliphatic rings.